The fraction of sp³-hybridized carbons (Fsp3) is 0.267. The third-order valence-electron chi connectivity index (χ3n) is 3.70. The van der Waals surface area contributed by atoms with Gasteiger partial charge in [0, 0.05) is 24.8 Å². The number of carbonyl (C=O) groups is 1. The van der Waals surface area contributed by atoms with Gasteiger partial charge < -0.3 is 19.5 Å². The molecule has 1 saturated heterocycles. The Hall–Kier alpha value is -3.07. The fourth-order valence-electron chi connectivity index (χ4n) is 2.49. The summed E-state index contributed by atoms with van der Waals surface area (Å²) in [6.45, 7) is 3.05. The molecule has 0 spiro atoms. The molecule has 1 N–H and O–H groups in total. The van der Waals surface area contributed by atoms with Crippen molar-refractivity contribution in [2.45, 2.75) is 0 Å². The van der Waals surface area contributed by atoms with Gasteiger partial charge in [-0.15, -0.1) is 10.2 Å². The van der Waals surface area contributed by atoms with Gasteiger partial charge in [0.15, 0.2) is 5.82 Å². The molecule has 3 heterocycles. The molecule has 0 aliphatic carbocycles. The van der Waals surface area contributed by atoms with E-state index in [0.717, 1.165) is 18.8 Å². The maximum atomic E-state index is 12.2. The zero-order valence-electron chi connectivity index (χ0n) is 12.7. The minimum Gasteiger partial charge on any atom is -0.378 e. The predicted octanol–water partition coefficient (Wildman–Crippen LogP) is 1.10. The first-order valence-corrected chi connectivity index (χ1v) is 7.48. The van der Waals surface area contributed by atoms with Crippen LogP contribution < -0.4 is 10.2 Å². The quantitative estimate of drug-likeness (QED) is 0.762. The maximum Gasteiger partial charge on any atom is 0.296 e. The van der Waals surface area contributed by atoms with Crippen molar-refractivity contribution in [3.05, 3.63) is 36.4 Å². The zero-order valence-corrected chi connectivity index (χ0v) is 12.7. The lowest BCUT2D eigenvalue weighted by Crippen LogP contribution is -2.36. The minimum absolute atomic E-state index is 0.0235. The highest BCUT2D eigenvalue weighted by atomic mass is 16.5. The Kier molecular flexibility index (Phi) is 3.75. The van der Waals surface area contributed by atoms with Crippen molar-refractivity contribution in [1.29, 1.82) is 0 Å². The van der Waals surface area contributed by atoms with E-state index in [4.69, 9.17) is 4.74 Å². The Balaban J connectivity index is 1.62. The molecule has 9 nitrogen and oxygen atoms in total. The third kappa shape index (κ3) is 2.88. The highest BCUT2D eigenvalue weighted by Crippen LogP contribution is 2.20. The molecule has 0 saturated carbocycles. The van der Waals surface area contributed by atoms with Crippen molar-refractivity contribution in [2.75, 3.05) is 36.5 Å². The predicted molar refractivity (Wildman–Crippen MR) is 84.8 cm³/mol. The minimum atomic E-state index is -0.491. The molecule has 0 unspecified atom stereocenters. The second-order valence-corrected chi connectivity index (χ2v) is 5.25. The molecule has 4 rings (SSSR count). The Bertz CT molecular complexity index is 861. The van der Waals surface area contributed by atoms with Gasteiger partial charge in [-0.2, -0.15) is 0 Å². The van der Waals surface area contributed by atoms with Crippen LogP contribution in [0, 0.1) is 0 Å². The average molecular weight is 326 g/mol. The van der Waals surface area contributed by atoms with Gasteiger partial charge in [-0.1, -0.05) is 5.16 Å². The fourth-order valence-corrected chi connectivity index (χ4v) is 2.49. The van der Waals surface area contributed by atoms with Gasteiger partial charge >= 0.3 is 0 Å². The highest BCUT2D eigenvalue weighted by Gasteiger charge is 2.15. The molecular weight excluding hydrogens is 312 g/mol. The molecule has 0 atom stereocenters. The number of carbonyl (C=O) groups excluding carboxylic acids is 1. The number of amides is 1. The van der Waals surface area contributed by atoms with Crippen molar-refractivity contribution in [2.24, 2.45) is 0 Å². The molecule has 1 amide bonds. The molecule has 0 radical (unpaired) electrons. The lowest BCUT2D eigenvalue weighted by Gasteiger charge is -2.28. The van der Waals surface area contributed by atoms with E-state index >= 15 is 0 Å². The number of ether oxygens (including phenoxy) is 1. The van der Waals surface area contributed by atoms with Crippen LogP contribution in [-0.4, -0.2) is 52.5 Å². The summed E-state index contributed by atoms with van der Waals surface area (Å²) >= 11 is 0. The van der Waals surface area contributed by atoms with E-state index in [1.807, 2.05) is 18.2 Å². The molecule has 1 aliphatic rings. The number of fused-ring (bicyclic) bond motifs is 1. The number of morpholine rings is 1. The van der Waals surface area contributed by atoms with Crippen LogP contribution in [0.2, 0.25) is 0 Å². The van der Waals surface area contributed by atoms with Crippen molar-refractivity contribution in [3.63, 3.8) is 0 Å². The molecule has 1 aliphatic heterocycles. The van der Waals surface area contributed by atoms with E-state index in [1.54, 1.807) is 0 Å². The van der Waals surface area contributed by atoms with Crippen LogP contribution in [0.5, 0.6) is 0 Å². The molecule has 3 aromatic rings. The topological polar surface area (TPSA) is 106 Å². The van der Waals surface area contributed by atoms with E-state index < -0.39 is 5.91 Å². The summed E-state index contributed by atoms with van der Waals surface area (Å²) in [7, 11) is 0. The summed E-state index contributed by atoms with van der Waals surface area (Å²) in [6, 6.07) is 7.25. The summed E-state index contributed by atoms with van der Waals surface area (Å²) in [6.07, 6.45) is 1.36. The van der Waals surface area contributed by atoms with Crippen molar-refractivity contribution in [3.8, 4) is 0 Å². The average Bonchev–Trinajstić information content (AvgIpc) is 3.14. The van der Waals surface area contributed by atoms with Gasteiger partial charge in [-0.3, -0.25) is 4.79 Å². The molecule has 0 bridgehead atoms. The number of nitrogens with zero attached hydrogens (tertiary/aromatic N) is 5. The van der Waals surface area contributed by atoms with Gasteiger partial charge in [0.05, 0.1) is 18.7 Å². The first-order valence-electron chi connectivity index (χ1n) is 7.48. The van der Waals surface area contributed by atoms with Crippen LogP contribution in [-0.2, 0) is 4.74 Å². The Morgan fingerprint density at radius 1 is 1.12 bits per heavy atom. The molecule has 24 heavy (non-hydrogen) atoms. The number of hydrogen-bond donors (Lipinski definition) is 1. The van der Waals surface area contributed by atoms with Gasteiger partial charge in [0.2, 0.25) is 5.82 Å². The van der Waals surface area contributed by atoms with Crippen molar-refractivity contribution >= 4 is 28.4 Å². The third-order valence-corrected chi connectivity index (χ3v) is 3.70. The molecular formula is C15H14N6O3. The van der Waals surface area contributed by atoms with Crippen LogP contribution in [0.1, 0.15) is 10.6 Å². The van der Waals surface area contributed by atoms with Gasteiger partial charge in [0.25, 0.3) is 5.91 Å². The van der Waals surface area contributed by atoms with Gasteiger partial charge in [0.1, 0.15) is 11.8 Å². The number of hydrogen-bond acceptors (Lipinski definition) is 8. The maximum absolute atomic E-state index is 12.2. The highest BCUT2D eigenvalue weighted by molar-refractivity contribution is 6.01. The smallest absolute Gasteiger partial charge is 0.296 e. The van der Waals surface area contributed by atoms with Crippen LogP contribution in [0.25, 0.3) is 11.0 Å². The molecule has 1 aromatic carbocycles. The number of anilines is 2. The molecule has 122 valence electrons. The van der Waals surface area contributed by atoms with E-state index in [2.05, 4.69) is 35.1 Å². The second kappa shape index (κ2) is 6.20. The van der Waals surface area contributed by atoms with Gasteiger partial charge in [-0.25, -0.2) is 4.98 Å². The standard InChI is InChI=1S/C15H14N6O3/c22-15(17-13-3-6-24-20-13)14-16-12-9-10(1-2-11(12)18-19-14)21-4-7-23-8-5-21/h1-3,6,9H,4-5,7-8H2,(H,17,20,22). The lowest BCUT2D eigenvalue weighted by molar-refractivity contribution is 0.101. The zero-order chi connectivity index (χ0) is 16.4. The summed E-state index contributed by atoms with van der Waals surface area (Å²) in [4.78, 5) is 18.7. The second-order valence-electron chi connectivity index (χ2n) is 5.25. The van der Waals surface area contributed by atoms with Crippen LogP contribution in [0.4, 0.5) is 11.5 Å². The van der Waals surface area contributed by atoms with E-state index in [9.17, 15) is 4.79 Å². The van der Waals surface area contributed by atoms with E-state index in [1.165, 1.54) is 12.3 Å². The Morgan fingerprint density at radius 3 is 2.79 bits per heavy atom. The summed E-state index contributed by atoms with van der Waals surface area (Å²) in [5.41, 5.74) is 2.26. The first kappa shape index (κ1) is 14.5. The number of nitrogens with one attached hydrogen (secondary N) is 1. The summed E-state index contributed by atoms with van der Waals surface area (Å²) in [5.74, 6) is -0.217. The molecule has 1 fully saturated rings. The van der Waals surface area contributed by atoms with Crippen LogP contribution in [0.3, 0.4) is 0 Å². The Morgan fingerprint density at radius 2 is 2.00 bits per heavy atom. The van der Waals surface area contributed by atoms with Gasteiger partial charge in [-0.05, 0) is 18.2 Å². The van der Waals surface area contributed by atoms with Crippen molar-refractivity contribution < 1.29 is 14.1 Å². The first-order chi connectivity index (χ1) is 11.8. The lowest BCUT2D eigenvalue weighted by atomic mass is 10.2. The monoisotopic (exact) mass is 326 g/mol. The summed E-state index contributed by atoms with van der Waals surface area (Å²) in [5, 5.41) is 14.1. The van der Waals surface area contributed by atoms with Crippen molar-refractivity contribution in [1.82, 2.24) is 20.3 Å². The summed E-state index contributed by atoms with van der Waals surface area (Å²) < 4.78 is 10.0. The van der Waals surface area contributed by atoms with Crippen LogP contribution in [0.15, 0.2) is 35.1 Å². The van der Waals surface area contributed by atoms with E-state index in [0.29, 0.717) is 30.1 Å². The molecule has 9 heteroatoms. The molecule has 2 aromatic heterocycles. The normalized spacial score (nSPS) is 14.8. The SMILES string of the molecule is O=C(Nc1ccon1)c1nnc2ccc(N3CCOCC3)cc2n1. The van der Waals surface area contributed by atoms with E-state index in [-0.39, 0.29) is 5.82 Å². The van der Waals surface area contributed by atoms with Crippen LogP contribution >= 0.6 is 0 Å². The number of benzene rings is 1. The largest absolute Gasteiger partial charge is 0.378 e. The Labute approximate surface area is 136 Å². The number of aromatic nitrogens is 4. The number of rotatable bonds is 3.